The zero-order valence-electron chi connectivity index (χ0n) is 10.3. The minimum atomic E-state index is -3.41. The third-order valence-electron chi connectivity index (χ3n) is 2.10. The highest BCUT2D eigenvalue weighted by Gasteiger charge is 2.11. The maximum atomic E-state index is 11.8. The Kier molecular flexibility index (Phi) is 4.70. The van der Waals surface area contributed by atoms with Gasteiger partial charge in [-0.25, -0.2) is 13.1 Å². The molecule has 17 heavy (non-hydrogen) atoms. The van der Waals surface area contributed by atoms with Crippen molar-refractivity contribution in [3.8, 4) is 0 Å². The SMILES string of the molecule is CC(C)=C=CCNS(=O)(=O)c1ccc(C)cc1. The van der Waals surface area contributed by atoms with Crippen LogP contribution in [-0.2, 0) is 10.0 Å². The fraction of sp³-hybridized carbons (Fsp3) is 0.308. The van der Waals surface area contributed by atoms with Crippen LogP contribution in [0.2, 0.25) is 0 Å². The molecule has 0 aliphatic heterocycles. The molecule has 0 saturated carbocycles. The summed E-state index contributed by atoms with van der Waals surface area (Å²) in [5, 5.41) is 0. The van der Waals surface area contributed by atoms with Crippen LogP contribution in [0.25, 0.3) is 0 Å². The summed E-state index contributed by atoms with van der Waals surface area (Å²) in [5.74, 6) is 0. The molecule has 0 radical (unpaired) electrons. The average molecular weight is 251 g/mol. The number of nitrogens with one attached hydrogen (secondary N) is 1. The Hall–Kier alpha value is -1.35. The zero-order chi connectivity index (χ0) is 12.9. The van der Waals surface area contributed by atoms with E-state index in [4.69, 9.17) is 0 Å². The van der Waals surface area contributed by atoms with Crippen LogP contribution in [-0.4, -0.2) is 15.0 Å². The first kappa shape index (κ1) is 13.7. The van der Waals surface area contributed by atoms with Crippen LogP contribution >= 0.6 is 0 Å². The molecule has 0 aliphatic carbocycles. The quantitative estimate of drug-likeness (QED) is 0.835. The van der Waals surface area contributed by atoms with Crippen molar-refractivity contribution in [3.63, 3.8) is 0 Å². The normalized spacial score (nSPS) is 10.8. The van der Waals surface area contributed by atoms with Crippen molar-refractivity contribution in [1.29, 1.82) is 0 Å². The Morgan fingerprint density at radius 1 is 1.29 bits per heavy atom. The van der Waals surface area contributed by atoms with E-state index >= 15 is 0 Å². The van der Waals surface area contributed by atoms with Gasteiger partial charge in [-0.3, -0.25) is 0 Å². The molecule has 0 saturated heterocycles. The van der Waals surface area contributed by atoms with Gasteiger partial charge in [-0.05, 0) is 44.6 Å². The van der Waals surface area contributed by atoms with Gasteiger partial charge in [-0.15, -0.1) is 5.73 Å². The van der Waals surface area contributed by atoms with E-state index in [1.54, 1.807) is 30.3 Å². The van der Waals surface area contributed by atoms with Crippen molar-refractivity contribution in [2.45, 2.75) is 25.7 Å². The van der Waals surface area contributed by atoms with E-state index in [9.17, 15) is 8.42 Å². The van der Waals surface area contributed by atoms with Gasteiger partial charge in [0.25, 0.3) is 0 Å². The topological polar surface area (TPSA) is 46.2 Å². The second kappa shape index (κ2) is 5.82. The van der Waals surface area contributed by atoms with E-state index < -0.39 is 10.0 Å². The van der Waals surface area contributed by atoms with Gasteiger partial charge >= 0.3 is 0 Å². The number of hydrogen-bond donors (Lipinski definition) is 1. The molecule has 0 atom stereocenters. The predicted molar refractivity (Wildman–Crippen MR) is 69.3 cm³/mol. The first-order chi connectivity index (χ1) is 7.92. The van der Waals surface area contributed by atoms with Crippen LogP contribution in [0.1, 0.15) is 19.4 Å². The summed E-state index contributed by atoms with van der Waals surface area (Å²) < 4.78 is 26.1. The van der Waals surface area contributed by atoms with Gasteiger partial charge in [0, 0.05) is 6.54 Å². The Balaban J connectivity index is 2.76. The standard InChI is InChI=1S/C13H17NO2S/c1-11(2)5-4-10-14-17(15,16)13-8-6-12(3)7-9-13/h4,6-9,14H,10H2,1-3H3. The maximum Gasteiger partial charge on any atom is 0.240 e. The fourth-order valence-electron chi connectivity index (χ4n) is 1.21. The van der Waals surface area contributed by atoms with E-state index in [1.165, 1.54) is 0 Å². The Bertz CT molecular complexity index is 531. The van der Waals surface area contributed by atoms with Crippen LogP contribution < -0.4 is 4.72 Å². The molecule has 0 aliphatic rings. The summed E-state index contributed by atoms with van der Waals surface area (Å²) >= 11 is 0. The summed E-state index contributed by atoms with van der Waals surface area (Å²) in [6.07, 6.45) is 1.67. The van der Waals surface area contributed by atoms with Crippen molar-refractivity contribution in [2.24, 2.45) is 0 Å². The van der Waals surface area contributed by atoms with Crippen molar-refractivity contribution < 1.29 is 8.42 Å². The molecule has 0 bridgehead atoms. The molecule has 0 heterocycles. The summed E-state index contributed by atoms with van der Waals surface area (Å²) in [7, 11) is -3.41. The lowest BCUT2D eigenvalue weighted by Crippen LogP contribution is -2.23. The van der Waals surface area contributed by atoms with Crippen LogP contribution in [0.3, 0.4) is 0 Å². The van der Waals surface area contributed by atoms with Crippen LogP contribution in [0.5, 0.6) is 0 Å². The lowest BCUT2D eigenvalue weighted by atomic mass is 10.2. The Labute approximate surface area is 103 Å². The van der Waals surface area contributed by atoms with Gasteiger partial charge in [-0.2, -0.15) is 0 Å². The zero-order valence-corrected chi connectivity index (χ0v) is 11.1. The highest BCUT2D eigenvalue weighted by Crippen LogP contribution is 2.09. The highest BCUT2D eigenvalue weighted by atomic mass is 32.2. The molecule has 1 aromatic carbocycles. The first-order valence-corrected chi connectivity index (χ1v) is 6.85. The Morgan fingerprint density at radius 2 is 1.88 bits per heavy atom. The number of sulfonamides is 1. The van der Waals surface area contributed by atoms with Crippen LogP contribution in [0, 0.1) is 6.92 Å². The minimum absolute atomic E-state index is 0.251. The molecule has 4 heteroatoms. The number of rotatable bonds is 4. The lowest BCUT2D eigenvalue weighted by molar-refractivity contribution is 0.585. The molecular formula is C13H17NO2S. The molecule has 1 N–H and O–H groups in total. The number of aryl methyl sites for hydroxylation is 1. The monoisotopic (exact) mass is 251 g/mol. The molecule has 0 unspecified atom stereocenters. The van der Waals surface area contributed by atoms with Crippen molar-refractivity contribution in [1.82, 2.24) is 4.72 Å². The summed E-state index contributed by atoms with van der Waals surface area (Å²) in [6, 6.07) is 6.76. The largest absolute Gasteiger partial charge is 0.240 e. The summed E-state index contributed by atoms with van der Waals surface area (Å²) in [5.41, 5.74) is 4.99. The third kappa shape index (κ3) is 4.57. The smallest absolute Gasteiger partial charge is 0.207 e. The van der Waals surface area contributed by atoms with E-state index in [-0.39, 0.29) is 11.4 Å². The maximum absolute atomic E-state index is 11.8. The van der Waals surface area contributed by atoms with E-state index in [2.05, 4.69) is 10.5 Å². The van der Waals surface area contributed by atoms with Gasteiger partial charge in [-0.1, -0.05) is 17.7 Å². The van der Waals surface area contributed by atoms with Crippen molar-refractivity contribution in [2.75, 3.05) is 6.54 Å². The molecule has 0 spiro atoms. The fourth-order valence-corrected chi connectivity index (χ4v) is 2.17. The second-order valence-corrected chi connectivity index (χ2v) is 5.78. The molecule has 1 rings (SSSR count). The molecule has 3 nitrogen and oxygen atoms in total. The number of hydrogen-bond acceptors (Lipinski definition) is 2. The van der Waals surface area contributed by atoms with Crippen LogP contribution in [0.15, 0.2) is 46.5 Å². The predicted octanol–water partition coefficient (Wildman–Crippen LogP) is 2.39. The van der Waals surface area contributed by atoms with E-state index in [0.717, 1.165) is 11.1 Å². The highest BCUT2D eigenvalue weighted by molar-refractivity contribution is 7.89. The van der Waals surface area contributed by atoms with Gasteiger partial charge in [0.05, 0.1) is 4.90 Å². The van der Waals surface area contributed by atoms with Crippen molar-refractivity contribution >= 4 is 10.0 Å². The average Bonchev–Trinajstić information content (AvgIpc) is 2.25. The number of benzene rings is 1. The molecule has 0 amide bonds. The summed E-state index contributed by atoms with van der Waals surface area (Å²) in [6.45, 7) is 5.98. The lowest BCUT2D eigenvalue weighted by Gasteiger charge is -2.04. The van der Waals surface area contributed by atoms with Gasteiger partial charge in [0.15, 0.2) is 0 Å². The third-order valence-corrected chi connectivity index (χ3v) is 3.54. The van der Waals surface area contributed by atoms with Crippen molar-refractivity contribution in [3.05, 3.63) is 47.2 Å². The molecule has 1 aromatic rings. The van der Waals surface area contributed by atoms with E-state index in [0.29, 0.717) is 0 Å². The minimum Gasteiger partial charge on any atom is -0.207 e. The molecule has 0 aromatic heterocycles. The molecular weight excluding hydrogens is 234 g/mol. The second-order valence-electron chi connectivity index (χ2n) is 4.01. The van der Waals surface area contributed by atoms with Gasteiger partial charge in [0.2, 0.25) is 10.0 Å². The van der Waals surface area contributed by atoms with Gasteiger partial charge < -0.3 is 0 Å². The molecule has 92 valence electrons. The molecule has 0 fully saturated rings. The van der Waals surface area contributed by atoms with Crippen LogP contribution in [0.4, 0.5) is 0 Å². The summed E-state index contributed by atoms with van der Waals surface area (Å²) in [4.78, 5) is 0.286. The van der Waals surface area contributed by atoms with Gasteiger partial charge in [0.1, 0.15) is 0 Å². The Morgan fingerprint density at radius 3 is 2.41 bits per heavy atom. The van der Waals surface area contributed by atoms with E-state index in [1.807, 2.05) is 20.8 Å². The first-order valence-electron chi connectivity index (χ1n) is 5.36.